The van der Waals surface area contributed by atoms with Gasteiger partial charge in [0.2, 0.25) is 0 Å². The van der Waals surface area contributed by atoms with Crippen molar-refractivity contribution in [2.24, 2.45) is 4.99 Å². The first kappa shape index (κ1) is 14.8. The molecule has 110 valence electrons. The van der Waals surface area contributed by atoms with Crippen LogP contribution >= 0.6 is 0 Å². The fourth-order valence-corrected chi connectivity index (χ4v) is 1.62. The highest BCUT2D eigenvalue weighted by atomic mass is 19.1. The van der Waals surface area contributed by atoms with Gasteiger partial charge in [0.25, 0.3) is 0 Å². The van der Waals surface area contributed by atoms with Crippen LogP contribution in [0.15, 0.2) is 40.2 Å². The van der Waals surface area contributed by atoms with E-state index in [1.165, 1.54) is 30.6 Å². The quantitative estimate of drug-likeness (QED) is 0.637. The molecule has 2 aromatic rings. The first-order valence-electron chi connectivity index (χ1n) is 6.18. The van der Waals surface area contributed by atoms with Crippen molar-refractivity contribution in [2.75, 3.05) is 14.1 Å². The van der Waals surface area contributed by atoms with Crippen LogP contribution in [-0.4, -0.2) is 34.9 Å². The molecule has 0 N–H and O–H groups in total. The van der Waals surface area contributed by atoms with Gasteiger partial charge in [0.05, 0.1) is 12.9 Å². The summed E-state index contributed by atoms with van der Waals surface area (Å²) in [4.78, 5) is 20.8. The van der Waals surface area contributed by atoms with Crippen LogP contribution in [0, 0.1) is 11.6 Å². The number of rotatable bonds is 4. The normalized spacial score (nSPS) is 11.0. The lowest BCUT2D eigenvalue weighted by atomic mass is 10.2. The van der Waals surface area contributed by atoms with Gasteiger partial charge in [-0.05, 0) is 17.7 Å². The Morgan fingerprint density at radius 3 is 2.57 bits per heavy atom. The smallest absolute Gasteiger partial charge is 0.350 e. The molecule has 0 amide bonds. The number of aromatic nitrogens is 2. The third-order valence-corrected chi connectivity index (χ3v) is 2.61. The number of benzene rings is 1. The summed E-state index contributed by atoms with van der Waals surface area (Å²) in [5, 5.41) is 0. The van der Waals surface area contributed by atoms with Gasteiger partial charge in [0.15, 0.2) is 11.6 Å². The fourth-order valence-electron chi connectivity index (χ4n) is 1.62. The van der Waals surface area contributed by atoms with E-state index >= 15 is 0 Å². The van der Waals surface area contributed by atoms with Crippen molar-refractivity contribution in [1.82, 2.24) is 14.5 Å². The number of halogens is 2. The van der Waals surface area contributed by atoms with Gasteiger partial charge in [-0.3, -0.25) is 4.57 Å². The Morgan fingerprint density at radius 1 is 1.29 bits per heavy atom. The standard InChI is InChI=1S/C14H14F2N4O/c1-19(2)9-17-13-12(16)8-20(14(21)18-13)7-10-3-5-11(15)6-4-10/h3-6,8-9H,7H2,1-2H3. The first-order valence-corrected chi connectivity index (χ1v) is 6.18. The molecule has 0 bridgehead atoms. The lowest BCUT2D eigenvalue weighted by Gasteiger charge is -2.07. The molecule has 0 aliphatic carbocycles. The molecule has 0 atom stereocenters. The summed E-state index contributed by atoms with van der Waals surface area (Å²) in [6, 6.07) is 5.61. The Balaban J connectivity index is 2.28. The van der Waals surface area contributed by atoms with Crippen LogP contribution in [0.2, 0.25) is 0 Å². The van der Waals surface area contributed by atoms with Gasteiger partial charge < -0.3 is 4.90 Å². The minimum absolute atomic E-state index is 0.112. The molecule has 0 aliphatic rings. The summed E-state index contributed by atoms with van der Waals surface area (Å²) in [5.41, 5.74) is 0.0517. The van der Waals surface area contributed by atoms with E-state index in [1.807, 2.05) is 0 Å². The predicted octanol–water partition coefficient (Wildman–Crippen LogP) is 1.79. The zero-order valence-electron chi connectivity index (χ0n) is 11.6. The number of nitrogens with zero attached hydrogens (tertiary/aromatic N) is 4. The number of aliphatic imine (C=N–C) groups is 1. The van der Waals surface area contributed by atoms with E-state index in [9.17, 15) is 13.6 Å². The molecule has 7 heteroatoms. The Morgan fingerprint density at radius 2 is 1.95 bits per heavy atom. The van der Waals surface area contributed by atoms with Crippen molar-refractivity contribution in [1.29, 1.82) is 0 Å². The van der Waals surface area contributed by atoms with E-state index in [2.05, 4.69) is 9.98 Å². The van der Waals surface area contributed by atoms with E-state index in [4.69, 9.17) is 0 Å². The molecule has 0 saturated carbocycles. The van der Waals surface area contributed by atoms with E-state index in [1.54, 1.807) is 19.0 Å². The third-order valence-electron chi connectivity index (χ3n) is 2.61. The van der Waals surface area contributed by atoms with Crippen LogP contribution in [0.3, 0.4) is 0 Å². The molecule has 21 heavy (non-hydrogen) atoms. The highest BCUT2D eigenvalue weighted by Gasteiger charge is 2.08. The van der Waals surface area contributed by atoms with E-state index in [0.717, 1.165) is 10.8 Å². The van der Waals surface area contributed by atoms with Gasteiger partial charge in [-0.1, -0.05) is 12.1 Å². The zero-order valence-corrected chi connectivity index (χ0v) is 11.6. The van der Waals surface area contributed by atoms with Crippen LogP contribution in [0.4, 0.5) is 14.6 Å². The van der Waals surface area contributed by atoms with Gasteiger partial charge in [-0.25, -0.2) is 18.6 Å². The maximum Gasteiger partial charge on any atom is 0.350 e. The van der Waals surface area contributed by atoms with Crippen molar-refractivity contribution in [3.8, 4) is 0 Å². The second-order valence-corrected chi connectivity index (χ2v) is 4.66. The maximum atomic E-state index is 13.8. The Kier molecular flexibility index (Phi) is 4.42. The summed E-state index contributed by atoms with van der Waals surface area (Å²) in [6.07, 6.45) is 2.40. The number of hydrogen-bond donors (Lipinski definition) is 0. The lowest BCUT2D eigenvalue weighted by molar-refractivity contribution is 0.580. The highest BCUT2D eigenvalue weighted by Crippen LogP contribution is 2.11. The molecular formula is C14H14F2N4O. The zero-order chi connectivity index (χ0) is 15.4. The first-order chi connectivity index (χ1) is 9.95. The lowest BCUT2D eigenvalue weighted by Crippen LogP contribution is -2.23. The van der Waals surface area contributed by atoms with Crippen molar-refractivity contribution in [3.05, 3.63) is 58.1 Å². The largest absolute Gasteiger partial charge is 0.369 e. The third kappa shape index (κ3) is 3.95. The average molecular weight is 292 g/mol. The fraction of sp³-hybridized carbons (Fsp3) is 0.214. The van der Waals surface area contributed by atoms with Gasteiger partial charge in [-0.2, -0.15) is 4.98 Å². The SMILES string of the molecule is CN(C)C=Nc1nc(=O)n(Cc2ccc(F)cc2)cc1F. The van der Waals surface area contributed by atoms with Crippen LogP contribution in [-0.2, 0) is 6.54 Å². The van der Waals surface area contributed by atoms with Gasteiger partial charge in [-0.15, -0.1) is 0 Å². The van der Waals surface area contributed by atoms with Gasteiger partial charge in [0.1, 0.15) is 5.82 Å². The van der Waals surface area contributed by atoms with Crippen molar-refractivity contribution >= 4 is 12.2 Å². The second-order valence-electron chi connectivity index (χ2n) is 4.66. The Bertz CT molecular complexity index is 708. The van der Waals surface area contributed by atoms with Gasteiger partial charge >= 0.3 is 5.69 Å². The molecule has 1 aromatic carbocycles. The average Bonchev–Trinajstić information content (AvgIpc) is 2.43. The summed E-state index contributed by atoms with van der Waals surface area (Å²) in [5.74, 6) is -1.33. The molecule has 0 fully saturated rings. The topological polar surface area (TPSA) is 50.5 Å². The number of hydrogen-bond acceptors (Lipinski definition) is 3. The summed E-state index contributed by atoms with van der Waals surface area (Å²) >= 11 is 0. The molecule has 0 unspecified atom stereocenters. The highest BCUT2D eigenvalue weighted by molar-refractivity contribution is 5.58. The van der Waals surface area contributed by atoms with Gasteiger partial charge in [0, 0.05) is 20.3 Å². The molecule has 0 radical (unpaired) electrons. The van der Waals surface area contributed by atoms with Crippen molar-refractivity contribution in [3.63, 3.8) is 0 Å². The molecule has 1 heterocycles. The van der Waals surface area contributed by atoms with Crippen LogP contribution in [0.5, 0.6) is 0 Å². The Hall–Kier alpha value is -2.57. The van der Waals surface area contributed by atoms with Crippen molar-refractivity contribution < 1.29 is 8.78 Å². The molecule has 1 aromatic heterocycles. The maximum absolute atomic E-state index is 13.8. The molecular weight excluding hydrogens is 278 g/mol. The molecule has 0 saturated heterocycles. The minimum Gasteiger partial charge on any atom is -0.369 e. The molecule has 0 aliphatic heterocycles. The summed E-state index contributed by atoms with van der Waals surface area (Å²) < 4.78 is 27.8. The summed E-state index contributed by atoms with van der Waals surface area (Å²) in [6.45, 7) is 0.112. The summed E-state index contributed by atoms with van der Waals surface area (Å²) in [7, 11) is 3.44. The van der Waals surface area contributed by atoms with Crippen molar-refractivity contribution in [2.45, 2.75) is 6.54 Å². The molecule has 0 spiro atoms. The van der Waals surface area contributed by atoms with E-state index in [0.29, 0.717) is 5.56 Å². The van der Waals surface area contributed by atoms with Crippen LogP contribution in [0.1, 0.15) is 5.56 Å². The van der Waals surface area contributed by atoms with Crippen LogP contribution in [0.25, 0.3) is 0 Å². The molecule has 5 nitrogen and oxygen atoms in total. The van der Waals surface area contributed by atoms with Crippen LogP contribution < -0.4 is 5.69 Å². The minimum atomic E-state index is -0.699. The Labute approximate surface area is 120 Å². The molecule has 2 rings (SSSR count). The van der Waals surface area contributed by atoms with E-state index < -0.39 is 11.5 Å². The van der Waals surface area contributed by atoms with E-state index in [-0.39, 0.29) is 18.2 Å². The second kappa shape index (κ2) is 6.25. The predicted molar refractivity (Wildman–Crippen MR) is 75.8 cm³/mol. The monoisotopic (exact) mass is 292 g/mol.